The summed E-state index contributed by atoms with van der Waals surface area (Å²) in [6, 6.07) is 6.09. The molecule has 1 atom stereocenters. The van der Waals surface area contributed by atoms with Crippen LogP contribution >= 0.6 is 11.3 Å². The first-order valence-electron chi connectivity index (χ1n) is 9.26. The number of rotatable bonds is 5. The van der Waals surface area contributed by atoms with Gasteiger partial charge < -0.3 is 15.2 Å². The van der Waals surface area contributed by atoms with Crippen molar-refractivity contribution in [3.05, 3.63) is 44.9 Å². The van der Waals surface area contributed by atoms with Crippen LogP contribution in [0.5, 0.6) is 5.75 Å². The summed E-state index contributed by atoms with van der Waals surface area (Å²) in [6.45, 7) is 4.66. The number of benzene rings is 1. The summed E-state index contributed by atoms with van der Waals surface area (Å²) in [5.41, 5.74) is 3.08. The number of ether oxygens (including phenoxy) is 1. The van der Waals surface area contributed by atoms with Crippen LogP contribution in [-0.2, 0) is 12.8 Å². The maximum atomic E-state index is 12.9. The fraction of sp³-hybridized carbons (Fsp3) is 0.500. The lowest BCUT2D eigenvalue weighted by Gasteiger charge is -2.38. The van der Waals surface area contributed by atoms with Crippen molar-refractivity contribution in [1.29, 1.82) is 0 Å². The number of thiazole rings is 1. The molecule has 1 aliphatic carbocycles. The number of nitrogens with one attached hydrogen (secondary N) is 1. The van der Waals surface area contributed by atoms with E-state index in [1.807, 2.05) is 26.0 Å². The van der Waals surface area contributed by atoms with Crippen molar-refractivity contribution in [2.75, 3.05) is 6.61 Å². The Bertz CT molecular complexity index is 826. The van der Waals surface area contributed by atoms with E-state index in [1.54, 1.807) is 0 Å². The SMILES string of the molecule is CCc1nc(C)c(C(=O)NC(c2ccc3c(c2)CCO3)C2CC(O)C2)s1. The van der Waals surface area contributed by atoms with Gasteiger partial charge in [0.25, 0.3) is 5.91 Å². The fourth-order valence-electron chi connectivity index (χ4n) is 3.80. The van der Waals surface area contributed by atoms with Crippen molar-refractivity contribution in [1.82, 2.24) is 10.3 Å². The number of hydrogen-bond acceptors (Lipinski definition) is 5. The number of carbonyl (C=O) groups is 1. The Morgan fingerprint density at radius 2 is 2.27 bits per heavy atom. The Labute approximate surface area is 157 Å². The van der Waals surface area contributed by atoms with E-state index in [0.29, 0.717) is 4.88 Å². The van der Waals surface area contributed by atoms with Crippen molar-refractivity contribution in [2.45, 2.75) is 51.7 Å². The van der Waals surface area contributed by atoms with Gasteiger partial charge in [-0.3, -0.25) is 4.79 Å². The van der Waals surface area contributed by atoms with Gasteiger partial charge in [-0.2, -0.15) is 0 Å². The smallest absolute Gasteiger partial charge is 0.263 e. The van der Waals surface area contributed by atoms with Gasteiger partial charge in [0.05, 0.1) is 29.5 Å². The molecule has 1 fully saturated rings. The Hall–Kier alpha value is -1.92. The highest BCUT2D eigenvalue weighted by atomic mass is 32.1. The first kappa shape index (κ1) is 17.5. The van der Waals surface area contributed by atoms with Crippen LogP contribution in [0.2, 0.25) is 0 Å². The number of amides is 1. The van der Waals surface area contributed by atoms with Crippen molar-refractivity contribution < 1.29 is 14.6 Å². The van der Waals surface area contributed by atoms with Gasteiger partial charge in [-0.15, -0.1) is 11.3 Å². The highest BCUT2D eigenvalue weighted by Gasteiger charge is 2.36. The van der Waals surface area contributed by atoms with Crippen LogP contribution in [0.4, 0.5) is 0 Å². The highest BCUT2D eigenvalue weighted by Crippen LogP contribution is 2.40. The van der Waals surface area contributed by atoms with Crippen molar-refractivity contribution >= 4 is 17.2 Å². The Morgan fingerprint density at radius 1 is 1.46 bits per heavy atom. The topological polar surface area (TPSA) is 71.5 Å². The van der Waals surface area contributed by atoms with Gasteiger partial charge in [-0.25, -0.2) is 4.98 Å². The molecule has 0 radical (unpaired) electrons. The zero-order valence-electron chi connectivity index (χ0n) is 15.1. The van der Waals surface area contributed by atoms with E-state index in [0.717, 1.165) is 54.3 Å². The van der Waals surface area contributed by atoms with Gasteiger partial charge in [0.1, 0.15) is 10.6 Å². The van der Waals surface area contributed by atoms with E-state index in [9.17, 15) is 9.90 Å². The molecule has 2 aromatic rings. The third-order valence-electron chi connectivity index (χ3n) is 5.33. The van der Waals surface area contributed by atoms with Crippen LogP contribution in [0, 0.1) is 12.8 Å². The van der Waals surface area contributed by atoms with Gasteiger partial charge in [-0.1, -0.05) is 13.0 Å². The summed E-state index contributed by atoms with van der Waals surface area (Å²) < 4.78 is 5.60. The van der Waals surface area contributed by atoms with Crippen molar-refractivity contribution in [2.24, 2.45) is 5.92 Å². The first-order valence-corrected chi connectivity index (χ1v) is 10.1. The average Bonchev–Trinajstić information content (AvgIpc) is 3.22. The van der Waals surface area contributed by atoms with Gasteiger partial charge in [0.15, 0.2) is 0 Å². The number of aliphatic hydroxyl groups excluding tert-OH is 1. The predicted octanol–water partition coefficient (Wildman–Crippen LogP) is 3.19. The molecule has 2 heterocycles. The molecule has 1 aliphatic heterocycles. The lowest BCUT2D eigenvalue weighted by atomic mass is 9.75. The molecule has 1 amide bonds. The maximum absolute atomic E-state index is 12.9. The second-order valence-corrected chi connectivity index (χ2v) is 8.26. The monoisotopic (exact) mass is 372 g/mol. The predicted molar refractivity (Wildman–Crippen MR) is 101 cm³/mol. The number of aromatic nitrogens is 1. The van der Waals surface area contributed by atoms with E-state index in [2.05, 4.69) is 16.4 Å². The van der Waals surface area contributed by atoms with Crippen molar-refractivity contribution in [3.63, 3.8) is 0 Å². The molecule has 1 aromatic heterocycles. The van der Waals surface area contributed by atoms with Gasteiger partial charge in [0.2, 0.25) is 0 Å². The summed E-state index contributed by atoms with van der Waals surface area (Å²) in [7, 11) is 0. The molecule has 26 heavy (non-hydrogen) atoms. The molecular formula is C20H24N2O3S. The fourth-order valence-corrected chi connectivity index (χ4v) is 4.70. The Morgan fingerprint density at radius 3 is 2.96 bits per heavy atom. The summed E-state index contributed by atoms with van der Waals surface area (Å²) in [4.78, 5) is 18.1. The van der Waals surface area contributed by atoms with E-state index < -0.39 is 0 Å². The summed E-state index contributed by atoms with van der Waals surface area (Å²) in [5, 5.41) is 14.0. The number of hydrogen-bond donors (Lipinski definition) is 2. The highest BCUT2D eigenvalue weighted by molar-refractivity contribution is 7.13. The molecule has 2 N–H and O–H groups in total. The molecule has 2 aliphatic rings. The molecule has 6 heteroatoms. The molecule has 1 saturated carbocycles. The molecular weight excluding hydrogens is 348 g/mol. The van der Waals surface area contributed by atoms with Crippen LogP contribution in [0.1, 0.15) is 57.3 Å². The lowest BCUT2D eigenvalue weighted by molar-refractivity contribution is 0.0235. The lowest BCUT2D eigenvalue weighted by Crippen LogP contribution is -2.41. The molecule has 0 spiro atoms. The van der Waals surface area contributed by atoms with Crippen LogP contribution in [-0.4, -0.2) is 28.7 Å². The minimum Gasteiger partial charge on any atom is -0.493 e. The normalized spacial score (nSPS) is 22.3. The van der Waals surface area contributed by atoms with Crippen LogP contribution in [0.25, 0.3) is 0 Å². The summed E-state index contributed by atoms with van der Waals surface area (Å²) in [6.07, 6.45) is 2.93. The largest absolute Gasteiger partial charge is 0.493 e. The molecule has 1 unspecified atom stereocenters. The summed E-state index contributed by atoms with van der Waals surface area (Å²) in [5.74, 6) is 1.13. The Kier molecular flexibility index (Phi) is 4.71. The second kappa shape index (κ2) is 7.00. The first-order chi connectivity index (χ1) is 12.5. The minimum atomic E-state index is -0.256. The number of carbonyl (C=O) groups excluding carboxylic acids is 1. The molecule has 1 aromatic carbocycles. The third kappa shape index (κ3) is 3.23. The standard InChI is InChI=1S/C20H24N2O3S/c1-3-17-21-11(2)19(26-17)20(24)22-18(14-9-15(23)10-14)13-4-5-16-12(8-13)6-7-25-16/h4-5,8,14-15,18,23H,3,6-7,9-10H2,1-2H3,(H,22,24). The van der Waals surface area contributed by atoms with E-state index in [-0.39, 0.29) is 24.0 Å². The molecule has 0 saturated heterocycles. The van der Waals surface area contributed by atoms with Crippen LogP contribution < -0.4 is 10.1 Å². The van der Waals surface area contributed by atoms with E-state index >= 15 is 0 Å². The molecule has 138 valence electrons. The quantitative estimate of drug-likeness (QED) is 0.846. The number of nitrogens with zero attached hydrogens (tertiary/aromatic N) is 1. The number of fused-ring (bicyclic) bond motifs is 1. The summed E-state index contributed by atoms with van der Waals surface area (Å²) >= 11 is 1.47. The molecule has 0 bridgehead atoms. The van der Waals surface area contributed by atoms with E-state index in [1.165, 1.54) is 16.9 Å². The molecule has 5 nitrogen and oxygen atoms in total. The number of aliphatic hydroxyl groups is 1. The zero-order chi connectivity index (χ0) is 18.3. The second-order valence-electron chi connectivity index (χ2n) is 7.18. The Balaban J connectivity index is 1.59. The minimum absolute atomic E-state index is 0.0668. The van der Waals surface area contributed by atoms with Crippen molar-refractivity contribution in [3.8, 4) is 5.75 Å². The molecule has 4 rings (SSSR count). The van der Waals surface area contributed by atoms with Crippen LogP contribution in [0.15, 0.2) is 18.2 Å². The zero-order valence-corrected chi connectivity index (χ0v) is 15.9. The van der Waals surface area contributed by atoms with Gasteiger partial charge in [0, 0.05) is 6.42 Å². The van der Waals surface area contributed by atoms with Gasteiger partial charge >= 0.3 is 0 Å². The average molecular weight is 372 g/mol. The van der Waals surface area contributed by atoms with Gasteiger partial charge in [-0.05, 0) is 55.4 Å². The van der Waals surface area contributed by atoms with Crippen LogP contribution in [0.3, 0.4) is 0 Å². The maximum Gasteiger partial charge on any atom is 0.263 e. The third-order valence-corrected chi connectivity index (χ3v) is 6.63. The number of aryl methyl sites for hydroxylation is 2. The van der Waals surface area contributed by atoms with E-state index in [4.69, 9.17) is 4.74 Å².